The molecule has 23 heavy (non-hydrogen) atoms. The number of piperazine rings is 1. The minimum absolute atomic E-state index is 0.0785. The molecular formula is C19H21FN2O. The molecule has 4 heteroatoms. The second kappa shape index (κ2) is 7.38. The Hall–Kier alpha value is -2.20. The largest absolute Gasteiger partial charge is 0.366 e. The lowest BCUT2D eigenvalue weighted by molar-refractivity contribution is 0.261. The number of hydrogen-bond acceptors (Lipinski definition) is 3. The van der Waals surface area contributed by atoms with Crippen LogP contribution >= 0.6 is 0 Å². The van der Waals surface area contributed by atoms with Crippen molar-refractivity contribution < 1.29 is 4.39 Å². The van der Waals surface area contributed by atoms with Crippen molar-refractivity contribution in [3.63, 3.8) is 0 Å². The molecule has 1 heterocycles. The van der Waals surface area contributed by atoms with E-state index in [9.17, 15) is 9.18 Å². The molecule has 120 valence electrons. The monoisotopic (exact) mass is 312 g/mol. The molecule has 1 aliphatic heterocycles. The van der Waals surface area contributed by atoms with Crippen LogP contribution in [-0.4, -0.2) is 37.6 Å². The quantitative estimate of drug-likeness (QED) is 0.867. The summed E-state index contributed by atoms with van der Waals surface area (Å²) in [6, 6.07) is 15.8. The average Bonchev–Trinajstić information content (AvgIpc) is 2.79. The van der Waals surface area contributed by atoms with Crippen LogP contribution in [0.1, 0.15) is 5.56 Å². The fourth-order valence-electron chi connectivity index (χ4n) is 2.93. The molecule has 0 N–H and O–H groups in total. The lowest BCUT2D eigenvalue weighted by Crippen LogP contribution is -2.48. The summed E-state index contributed by atoms with van der Waals surface area (Å²) in [4.78, 5) is 16.6. The molecule has 3 nitrogen and oxygen atoms in total. The van der Waals surface area contributed by atoms with Gasteiger partial charge in [-0.1, -0.05) is 30.3 Å². The zero-order valence-corrected chi connectivity index (χ0v) is 13.1. The molecule has 1 saturated heterocycles. The van der Waals surface area contributed by atoms with E-state index >= 15 is 0 Å². The maximum Gasteiger partial charge on any atom is 0.201 e. The van der Waals surface area contributed by atoms with Crippen LogP contribution in [0.3, 0.4) is 0 Å². The number of hydrogen-bond donors (Lipinski definition) is 0. The van der Waals surface area contributed by atoms with E-state index in [1.54, 1.807) is 12.1 Å². The van der Waals surface area contributed by atoms with Gasteiger partial charge in [0.2, 0.25) is 5.43 Å². The number of anilines is 1. The summed E-state index contributed by atoms with van der Waals surface area (Å²) >= 11 is 0. The van der Waals surface area contributed by atoms with Crippen molar-refractivity contribution in [3.8, 4) is 0 Å². The predicted octanol–water partition coefficient (Wildman–Crippen LogP) is 2.55. The highest BCUT2D eigenvalue weighted by atomic mass is 19.1. The Bertz CT molecular complexity index is 694. The molecule has 0 radical (unpaired) electrons. The van der Waals surface area contributed by atoms with E-state index in [4.69, 9.17) is 0 Å². The maximum atomic E-state index is 12.9. The van der Waals surface area contributed by atoms with Crippen LogP contribution in [0.15, 0.2) is 59.4 Å². The smallest absolute Gasteiger partial charge is 0.201 e. The van der Waals surface area contributed by atoms with E-state index in [1.165, 1.54) is 12.1 Å². The van der Waals surface area contributed by atoms with Gasteiger partial charge < -0.3 is 4.90 Å². The van der Waals surface area contributed by atoms with E-state index in [0.717, 1.165) is 50.4 Å². The van der Waals surface area contributed by atoms with Gasteiger partial charge in [0, 0.05) is 32.7 Å². The van der Waals surface area contributed by atoms with Crippen molar-refractivity contribution in [2.45, 2.75) is 6.42 Å². The Labute approximate surface area is 136 Å². The molecule has 1 fully saturated rings. The number of rotatable bonds is 4. The van der Waals surface area contributed by atoms with E-state index in [1.807, 2.05) is 30.3 Å². The first-order chi connectivity index (χ1) is 11.2. The Morgan fingerprint density at radius 3 is 2.30 bits per heavy atom. The van der Waals surface area contributed by atoms with Gasteiger partial charge in [0.25, 0.3) is 0 Å². The molecule has 2 aromatic rings. The van der Waals surface area contributed by atoms with Crippen molar-refractivity contribution in [1.29, 1.82) is 0 Å². The fraction of sp³-hybridized carbons (Fsp3) is 0.316. The second-order valence-electron chi connectivity index (χ2n) is 5.87. The molecule has 0 unspecified atom stereocenters. The number of nitrogens with zero attached hydrogens (tertiary/aromatic N) is 2. The van der Waals surface area contributed by atoms with Crippen molar-refractivity contribution in [2.24, 2.45) is 0 Å². The highest BCUT2D eigenvalue weighted by molar-refractivity contribution is 5.45. The van der Waals surface area contributed by atoms with Crippen LogP contribution in [0.2, 0.25) is 0 Å². The first-order valence-electron chi connectivity index (χ1n) is 8.03. The highest BCUT2D eigenvalue weighted by Crippen LogP contribution is 2.12. The fourth-order valence-corrected chi connectivity index (χ4v) is 2.93. The van der Waals surface area contributed by atoms with Crippen LogP contribution < -0.4 is 10.3 Å². The zero-order chi connectivity index (χ0) is 16.1. The number of halogens is 1. The van der Waals surface area contributed by atoms with Crippen LogP contribution in [-0.2, 0) is 6.42 Å². The summed E-state index contributed by atoms with van der Waals surface area (Å²) < 4.78 is 12.9. The Morgan fingerprint density at radius 1 is 0.870 bits per heavy atom. The summed E-state index contributed by atoms with van der Waals surface area (Å²) in [5.74, 6) is -0.188. The minimum atomic E-state index is -0.188. The Balaban J connectivity index is 1.53. The van der Waals surface area contributed by atoms with Crippen LogP contribution in [0.4, 0.5) is 10.1 Å². The van der Waals surface area contributed by atoms with Gasteiger partial charge in [-0.05, 0) is 36.2 Å². The maximum absolute atomic E-state index is 12.9. The topological polar surface area (TPSA) is 23.6 Å². The third kappa shape index (κ3) is 4.17. The van der Waals surface area contributed by atoms with Gasteiger partial charge in [-0.15, -0.1) is 0 Å². The summed E-state index contributed by atoms with van der Waals surface area (Å²) in [6.07, 6.45) is 0.924. The molecule has 0 atom stereocenters. The second-order valence-corrected chi connectivity index (χ2v) is 5.87. The normalized spacial score (nSPS) is 15.6. The van der Waals surface area contributed by atoms with E-state index in [-0.39, 0.29) is 11.2 Å². The van der Waals surface area contributed by atoms with E-state index < -0.39 is 0 Å². The summed E-state index contributed by atoms with van der Waals surface area (Å²) in [7, 11) is 0. The summed E-state index contributed by atoms with van der Waals surface area (Å²) in [6.45, 7) is 4.58. The Morgan fingerprint density at radius 2 is 1.57 bits per heavy atom. The predicted molar refractivity (Wildman–Crippen MR) is 91.5 cm³/mol. The standard InChI is InChI=1S/C19H21FN2O/c20-17-8-6-16(7-9-17)10-11-21-12-14-22(15-13-21)18-4-2-1-3-5-19(18)23/h1-9H,10-15H2. The van der Waals surface area contributed by atoms with Crippen molar-refractivity contribution in [2.75, 3.05) is 37.6 Å². The van der Waals surface area contributed by atoms with Crippen molar-refractivity contribution in [3.05, 3.63) is 76.2 Å². The Kier molecular flexibility index (Phi) is 5.03. The molecular weight excluding hydrogens is 291 g/mol. The molecule has 3 rings (SSSR count). The zero-order valence-electron chi connectivity index (χ0n) is 13.1. The molecule has 0 saturated carbocycles. The molecule has 0 aromatic heterocycles. The van der Waals surface area contributed by atoms with Crippen molar-refractivity contribution in [1.82, 2.24) is 4.90 Å². The summed E-state index contributed by atoms with van der Waals surface area (Å²) in [5, 5.41) is 0. The van der Waals surface area contributed by atoms with Gasteiger partial charge in [-0.2, -0.15) is 0 Å². The van der Waals surface area contributed by atoms with Gasteiger partial charge in [0.05, 0.1) is 5.69 Å². The third-order valence-corrected chi connectivity index (χ3v) is 4.32. The van der Waals surface area contributed by atoms with Crippen LogP contribution in [0.25, 0.3) is 0 Å². The molecule has 0 aliphatic carbocycles. The van der Waals surface area contributed by atoms with Gasteiger partial charge in [0.1, 0.15) is 5.82 Å². The highest BCUT2D eigenvalue weighted by Gasteiger charge is 2.18. The first kappa shape index (κ1) is 15.7. The third-order valence-electron chi connectivity index (χ3n) is 4.32. The molecule has 0 bridgehead atoms. The lowest BCUT2D eigenvalue weighted by atomic mass is 10.1. The molecule has 2 aromatic carbocycles. The van der Waals surface area contributed by atoms with Crippen molar-refractivity contribution >= 4 is 5.69 Å². The van der Waals surface area contributed by atoms with Gasteiger partial charge in [-0.25, -0.2) is 4.39 Å². The molecule has 0 spiro atoms. The van der Waals surface area contributed by atoms with E-state index in [0.29, 0.717) is 0 Å². The van der Waals surface area contributed by atoms with E-state index in [2.05, 4.69) is 9.80 Å². The summed E-state index contributed by atoms with van der Waals surface area (Å²) in [5.41, 5.74) is 2.02. The van der Waals surface area contributed by atoms with Crippen LogP contribution in [0, 0.1) is 5.82 Å². The minimum Gasteiger partial charge on any atom is -0.366 e. The number of benzene rings is 1. The van der Waals surface area contributed by atoms with Crippen LogP contribution in [0.5, 0.6) is 0 Å². The molecule has 1 aliphatic rings. The lowest BCUT2D eigenvalue weighted by Gasteiger charge is -2.35. The van der Waals surface area contributed by atoms with Gasteiger partial charge >= 0.3 is 0 Å². The first-order valence-corrected chi connectivity index (χ1v) is 8.03. The molecule has 0 amide bonds. The van der Waals surface area contributed by atoms with Gasteiger partial charge in [0.15, 0.2) is 0 Å². The SMILES string of the molecule is O=c1cccccc1N1CCN(CCc2ccc(F)cc2)CC1. The average molecular weight is 312 g/mol. The van der Waals surface area contributed by atoms with Gasteiger partial charge in [-0.3, -0.25) is 9.69 Å².